The van der Waals surface area contributed by atoms with Gasteiger partial charge < -0.3 is 14.6 Å². The summed E-state index contributed by atoms with van der Waals surface area (Å²) in [6, 6.07) is 13.5. The molecular weight excluding hydrogens is 430 g/mol. The number of aromatic nitrogens is 3. The van der Waals surface area contributed by atoms with E-state index in [1.54, 1.807) is 6.07 Å². The van der Waals surface area contributed by atoms with Crippen molar-refractivity contribution >= 4 is 29.0 Å². The summed E-state index contributed by atoms with van der Waals surface area (Å²) in [7, 11) is 0. The highest BCUT2D eigenvalue weighted by Crippen LogP contribution is 2.26. The molecule has 0 radical (unpaired) electrons. The Kier molecular flexibility index (Phi) is 7.82. The topological polar surface area (TPSA) is 112 Å². The number of benzene rings is 2. The van der Waals surface area contributed by atoms with Crippen molar-refractivity contribution in [1.29, 1.82) is 0 Å². The van der Waals surface area contributed by atoms with E-state index in [0.717, 1.165) is 11.3 Å². The van der Waals surface area contributed by atoms with Crippen molar-refractivity contribution in [1.82, 2.24) is 14.8 Å². The smallest absolute Gasteiger partial charge is 0.271 e. The molecule has 0 aliphatic carbocycles. The molecule has 0 fully saturated rings. The van der Waals surface area contributed by atoms with Gasteiger partial charge in [0, 0.05) is 29.9 Å². The zero-order chi connectivity index (χ0) is 23.1. The quantitative estimate of drug-likeness (QED) is 0.269. The Labute approximate surface area is 190 Å². The van der Waals surface area contributed by atoms with Gasteiger partial charge in [0.2, 0.25) is 5.91 Å². The van der Waals surface area contributed by atoms with Crippen LogP contribution < -0.4 is 10.1 Å². The highest BCUT2D eigenvalue weighted by molar-refractivity contribution is 7.99. The molecule has 2 aromatic carbocycles. The number of ether oxygens (including phenoxy) is 1. The summed E-state index contributed by atoms with van der Waals surface area (Å²) in [4.78, 5) is 22.7. The molecular formula is C22H25N5O4S. The first-order valence-electron chi connectivity index (χ1n) is 10.2. The number of nitrogens with zero attached hydrogens (tertiary/aromatic N) is 4. The molecule has 1 aromatic heterocycles. The maximum Gasteiger partial charge on any atom is 0.271 e. The summed E-state index contributed by atoms with van der Waals surface area (Å²) in [5.74, 6) is 1.78. The molecule has 3 rings (SSSR count). The summed E-state index contributed by atoms with van der Waals surface area (Å²) in [6.45, 7) is 7.48. The van der Waals surface area contributed by atoms with Crippen LogP contribution in [0.2, 0.25) is 0 Å². The Balaban J connectivity index is 1.64. The SMILES string of the molecule is CCn1c(SCC(=O)Nc2cccc([N+](=O)[O-])c2)nnc1-c1ccc(OCC(C)C)cc1. The molecule has 0 unspecified atom stereocenters. The summed E-state index contributed by atoms with van der Waals surface area (Å²) in [6.07, 6.45) is 0. The number of carbonyl (C=O) groups excluding carboxylic acids is 1. The van der Waals surface area contributed by atoms with Crippen molar-refractivity contribution in [2.45, 2.75) is 32.5 Å². The zero-order valence-electron chi connectivity index (χ0n) is 18.1. The maximum absolute atomic E-state index is 12.3. The lowest BCUT2D eigenvalue weighted by Crippen LogP contribution is -2.14. The van der Waals surface area contributed by atoms with Gasteiger partial charge in [-0.2, -0.15) is 0 Å². The average Bonchev–Trinajstić information content (AvgIpc) is 3.19. The van der Waals surface area contributed by atoms with E-state index < -0.39 is 4.92 Å². The van der Waals surface area contributed by atoms with E-state index in [2.05, 4.69) is 29.4 Å². The van der Waals surface area contributed by atoms with Crippen molar-refractivity contribution in [3.63, 3.8) is 0 Å². The molecule has 10 heteroatoms. The minimum absolute atomic E-state index is 0.0774. The van der Waals surface area contributed by atoms with Gasteiger partial charge >= 0.3 is 0 Å². The number of hydrogen-bond donors (Lipinski definition) is 1. The van der Waals surface area contributed by atoms with Crippen LogP contribution in [-0.4, -0.2) is 38.0 Å². The highest BCUT2D eigenvalue weighted by atomic mass is 32.2. The van der Waals surface area contributed by atoms with E-state index in [9.17, 15) is 14.9 Å². The third kappa shape index (κ3) is 6.07. The number of carbonyl (C=O) groups is 1. The first-order valence-corrected chi connectivity index (χ1v) is 11.2. The van der Waals surface area contributed by atoms with Crippen LogP contribution in [-0.2, 0) is 11.3 Å². The number of amides is 1. The molecule has 168 valence electrons. The average molecular weight is 456 g/mol. The van der Waals surface area contributed by atoms with Crippen LogP contribution in [0, 0.1) is 16.0 Å². The standard InChI is InChI=1S/C22H25N5O4S/c1-4-26-21(16-8-10-19(11-9-16)31-13-15(2)3)24-25-22(26)32-14-20(28)23-17-6-5-7-18(12-17)27(29)30/h5-12,15H,4,13-14H2,1-3H3,(H,23,28). The molecule has 0 spiro atoms. The number of hydrogen-bond acceptors (Lipinski definition) is 7. The van der Waals surface area contributed by atoms with Crippen molar-refractivity contribution in [2.75, 3.05) is 17.7 Å². The Hall–Kier alpha value is -3.40. The van der Waals surface area contributed by atoms with Crippen LogP contribution in [0.4, 0.5) is 11.4 Å². The Bertz CT molecular complexity index is 1080. The molecule has 0 aliphatic heterocycles. The number of nitrogens with one attached hydrogen (secondary N) is 1. The summed E-state index contributed by atoms with van der Waals surface area (Å²) < 4.78 is 7.67. The number of rotatable bonds is 10. The first-order chi connectivity index (χ1) is 15.4. The van der Waals surface area contributed by atoms with Gasteiger partial charge in [0.1, 0.15) is 5.75 Å². The molecule has 1 heterocycles. The number of non-ortho nitro benzene ring substituents is 1. The fraction of sp³-hybridized carbons (Fsp3) is 0.318. The fourth-order valence-electron chi connectivity index (χ4n) is 2.88. The normalized spacial score (nSPS) is 10.9. The molecule has 0 saturated carbocycles. The molecule has 0 aliphatic rings. The zero-order valence-corrected chi connectivity index (χ0v) is 19.0. The lowest BCUT2D eigenvalue weighted by atomic mass is 10.2. The van der Waals surface area contributed by atoms with E-state index in [4.69, 9.17) is 4.74 Å². The van der Waals surface area contributed by atoms with Gasteiger partial charge in [-0.15, -0.1) is 10.2 Å². The number of thioether (sulfide) groups is 1. The van der Waals surface area contributed by atoms with Crippen molar-refractivity contribution < 1.29 is 14.5 Å². The summed E-state index contributed by atoms with van der Waals surface area (Å²) in [5, 5.41) is 22.7. The third-order valence-corrected chi connectivity index (χ3v) is 5.37. The van der Waals surface area contributed by atoms with E-state index >= 15 is 0 Å². The van der Waals surface area contributed by atoms with Gasteiger partial charge in [-0.05, 0) is 43.2 Å². The van der Waals surface area contributed by atoms with E-state index in [1.165, 1.54) is 30.0 Å². The lowest BCUT2D eigenvalue weighted by Gasteiger charge is -2.10. The molecule has 1 N–H and O–H groups in total. The second-order valence-electron chi connectivity index (χ2n) is 7.42. The van der Waals surface area contributed by atoms with Gasteiger partial charge in [0.05, 0.1) is 17.3 Å². The van der Waals surface area contributed by atoms with Gasteiger partial charge in [0.15, 0.2) is 11.0 Å². The van der Waals surface area contributed by atoms with Crippen LogP contribution in [0.1, 0.15) is 20.8 Å². The summed E-state index contributed by atoms with van der Waals surface area (Å²) in [5.41, 5.74) is 1.21. The van der Waals surface area contributed by atoms with Crippen LogP contribution >= 0.6 is 11.8 Å². The van der Waals surface area contributed by atoms with E-state index in [0.29, 0.717) is 35.7 Å². The molecule has 3 aromatic rings. The van der Waals surface area contributed by atoms with Crippen molar-refractivity contribution in [3.8, 4) is 17.1 Å². The lowest BCUT2D eigenvalue weighted by molar-refractivity contribution is -0.384. The van der Waals surface area contributed by atoms with Crippen molar-refractivity contribution in [3.05, 3.63) is 58.6 Å². The van der Waals surface area contributed by atoms with Gasteiger partial charge in [-0.25, -0.2) is 0 Å². The number of nitro groups is 1. The third-order valence-electron chi connectivity index (χ3n) is 4.40. The second kappa shape index (κ2) is 10.8. The van der Waals surface area contributed by atoms with Crippen LogP contribution in [0.5, 0.6) is 5.75 Å². The minimum atomic E-state index is -0.501. The fourth-order valence-corrected chi connectivity index (χ4v) is 3.68. The Morgan fingerprint density at radius 1 is 1.22 bits per heavy atom. The van der Waals surface area contributed by atoms with E-state index in [1.807, 2.05) is 35.8 Å². The van der Waals surface area contributed by atoms with Crippen LogP contribution in [0.25, 0.3) is 11.4 Å². The molecule has 0 saturated heterocycles. The number of nitro benzene ring substituents is 1. The molecule has 9 nitrogen and oxygen atoms in total. The number of anilines is 1. The monoisotopic (exact) mass is 455 g/mol. The largest absolute Gasteiger partial charge is 0.493 e. The molecule has 1 amide bonds. The maximum atomic E-state index is 12.3. The molecule has 0 atom stereocenters. The summed E-state index contributed by atoms with van der Waals surface area (Å²) >= 11 is 1.26. The Morgan fingerprint density at radius 2 is 1.97 bits per heavy atom. The van der Waals surface area contributed by atoms with Gasteiger partial charge in [-0.3, -0.25) is 14.9 Å². The van der Waals surface area contributed by atoms with E-state index in [-0.39, 0.29) is 17.3 Å². The Morgan fingerprint density at radius 3 is 2.62 bits per heavy atom. The molecule has 0 bridgehead atoms. The van der Waals surface area contributed by atoms with Crippen LogP contribution in [0.3, 0.4) is 0 Å². The van der Waals surface area contributed by atoms with Crippen molar-refractivity contribution in [2.24, 2.45) is 5.92 Å². The second-order valence-corrected chi connectivity index (χ2v) is 8.37. The minimum Gasteiger partial charge on any atom is -0.493 e. The first kappa shape index (κ1) is 23.3. The predicted octanol–water partition coefficient (Wildman–Crippen LogP) is 4.64. The van der Waals surface area contributed by atoms with Crippen LogP contribution in [0.15, 0.2) is 53.7 Å². The predicted molar refractivity (Wildman–Crippen MR) is 124 cm³/mol. The highest BCUT2D eigenvalue weighted by Gasteiger charge is 2.15. The van der Waals surface area contributed by atoms with Gasteiger partial charge in [0.25, 0.3) is 5.69 Å². The van der Waals surface area contributed by atoms with Gasteiger partial charge in [-0.1, -0.05) is 31.7 Å². The molecule has 32 heavy (non-hydrogen) atoms.